The van der Waals surface area contributed by atoms with Crippen LogP contribution < -0.4 is 11.1 Å². The zero-order valence-electron chi connectivity index (χ0n) is 8.72. The van der Waals surface area contributed by atoms with E-state index in [2.05, 4.69) is 30.4 Å². The summed E-state index contributed by atoms with van der Waals surface area (Å²) in [5, 5.41) is 3.53. The third-order valence-corrected chi connectivity index (χ3v) is 2.80. The van der Waals surface area contributed by atoms with Crippen molar-refractivity contribution in [2.75, 3.05) is 11.9 Å². The molecule has 1 unspecified atom stereocenters. The molecule has 0 bridgehead atoms. The van der Waals surface area contributed by atoms with Crippen molar-refractivity contribution in [2.45, 2.75) is 32.2 Å². The van der Waals surface area contributed by atoms with E-state index in [0.717, 1.165) is 25.8 Å². The van der Waals surface area contributed by atoms with E-state index in [1.165, 1.54) is 16.8 Å². The number of anilines is 1. The first kappa shape index (κ1) is 9.53. The molecule has 2 heteroatoms. The van der Waals surface area contributed by atoms with E-state index < -0.39 is 0 Å². The fourth-order valence-corrected chi connectivity index (χ4v) is 2.14. The van der Waals surface area contributed by atoms with E-state index in [1.807, 2.05) is 0 Å². The number of benzene rings is 1. The van der Waals surface area contributed by atoms with Gasteiger partial charge in [0.1, 0.15) is 0 Å². The highest BCUT2D eigenvalue weighted by Crippen LogP contribution is 2.29. The zero-order valence-corrected chi connectivity index (χ0v) is 8.72. The lowest BCUT2D eigenvalue weighted by molar-refractivity contribution is 0.828. The summed E-state index contributed by atoms with van der Waals surface area (Å²) in [6.07, 6.45) is 3.33. The van der Waals surface area contributed by atoms with Crippen LogP contribution in [0.25, 0.3) is 0 Å². The molecule has 0 spiro atoms. The molecule has 0 amide bonds. The fraction of sp³-hybridized carbons (Fsp3) is 0.500. The monoisotopic (exact) mass is 190 g/mol. The van der Waals surface area contributed by atoms with Crippen LogP contribution in [0.2, 0.25) is 0 Å². The quantitative estimate of drug-likeness (QED) is 0.764. The van der Waals surface area contributed by atoms with E-state index in [0.29, 0.717) is 6.04 Å². The average Bonchev–Trinajstić information content (AvgIpc) is 2.55. The Morgan fingerprint density at radius 1 is 1.50 bits per heavy atom. The SMILES string of the molecule is CC1Cc2cccc(CCCN)c2N1. The standard InChI is InChI=1S/C12H18N2/c1-9-8-11-5-2-4-10(6-3-7-13)12(11)14-9/h2,4-5,9,14H,3,6-8,13H2,1H3. The van der Waals surface area contributed by atoms with Gasteiger partial charge in [-0.05, 0) is 43.9 Å². The summed E-state index contributed by atoms with van der Waals surface area (Å²) in [6.45, 7) is 3.01. The van der Waals surface area contributed by atoms with Gasteiger partial charge in [0.05, 0.1) is 0 Å². The van der Waals surface area contributed by atoms with Crippen molar-refractivity contribution in [3.8, 4) is 0 Å². The van der Waals surface area contributed by atoms with Crippen LogP contribution in [0.15, 0.2) is 18.2 Å². The van der Waals surface area contributed by atoms with E-state index in [4.69, 9.17) is 5.73 Å². The molecule has 2 nitrogen and oxygen atoms in total. The topological polar surface area (TPSA) is 38.0 Å². The van der Waals surface area contributed by atoms with Crippen molar-refractivity contribution < 1.29 is 0 Å². The van der Waals surface area contributed by atoms with Crippen molar-refractivity contribution >= 4 is 5.69 Å². The molecule has 2 rings (SSSR count). The zero-order chi connectivity index (χ0) is 9.97. The molecular weight excluding hydrogens is 172 g/mol. The molecule has 0 radical (unpaired) electrons. The van der Waals surface area contributed by atoms with Crippen molar-refractivity contribution in [1.82, 2.24) is 0 Å². The van der Waals surface area contributed by atoms with E-state index in [-0.39, 0.29) is 0 Å². The van der Waals surface area contributed by atoms with Crippen LogP contribution >= 0.6 is 0 Å². The Labute approximate surface area is 85.5 Å². The molecule has 14 heavy (non-hydrogen) atoms. The first-order chi connectivity index (χ1) is 6.81. The minimum Gasteiger partial charge on any atom is -0.382 e. The van der Waals surface area contributed by atoms with E-state index >= 15 is 0 Å². The molecule has 1 heterocycles. The summed E-state index contributed by atoms with van der Waals surface area (Å²) in [6, 6.07) is 7.17. The number of aryl methyl sites for hydroxylation is 1. The van der Waals surface area contributed by atoms with Crippen molar-refractivity contribution in [3.63, 3.8) is 0 Å². The largest absolute Gasteiger partial charge is 0.382 e. The van der Waals surface area contributed by atoms with E-state index in [9.17, 15) is 0 Å². The maximum Gasteiger partial charge on any atom is 0.0408 e. The van der Waals surface area contributed by atoms with Crippen molar-refractivity contribution in [2.24, 2.45) is 5.73 Å². The summed E-state index contributed by atoms with van der Waals surface area (Å²) in [7, 11) is 0. The Morgan fingerprint density at radius 2 is 2.36 bits per heavy atom. The predicted molar refractivity (Wildman–Crippen MR) is 60.6 cm³/mol. The lowest BCUT2D eigenvalue weighted by Gasteiger charge is -2.09. The molecule has 1 aromatic carbocycles. The molecule has 0 aromatic heterocycles. The Balaban J connectivity index is 2.21. The van der Waals surface area contributed by atoms with Crippen molar-refractivity contribution in [3.05, 3.63) is 29.3 Å². The molecule has 1 aromatic rings. The molecule has 0 fully saturated rings. The van der Waals surface area contributed by atoms with Crippen molar-refractivity contribution in [1.29, 1.82) is 0 Å². The van der Waals surface area contributed by atoms with Gasteiger partial charge in [0, 0.05) is 11.7 Å². The summed E-state index contributed by atoms with van der Waals surface area (Å²) in [4.78, 5) is 0. The van der Waals surface area contributed by atoms with Crippen LogP contribution in [0.3, 0.4) is 0 Å². The van der Waals surface area contributed by atoms with Gasteiger partial charge in [-0.3, -0.25) is 0 Å². The van der Waals surface area contributed by atoms with Gasteiger partial charge in [-0.1, -0.05) is 18.2 Å². The third-order valence-electron chi connectivity index (χ3n) is 2.80. The molecule has 3 N–H and O–H groups in total. The maximum absolute atomic E-state index is 5.53. The highest BCUT2D eigenvalue weighted by atomic mass is 14.9. The lowest BCUT2D eigenvalue weighted by atomic mass is 10.0. The van der Waals surface area contributed by atoms with E-state index in [1.54, 1.807) is 0 Å². The maximum atomic E-state index is 5.53. The number of para-hydroxylation sites is 1. The molecule has 0 saturated carbocycles. The van der Waals surface area contributed by atoms with Crippen LogP contribution in [0.5, 0.6) is 0 Å². The summed E-state index contributed by atoms with van der Waals surface area (Å²) < 4.78 is 0. The first-order valence-electron chi connectivity index (χ1n) is 5.38. The Kier molecular flexibility index (Phi) is 2.73. The Bertz CT molecular complexity index is 320. The Morgan fingerprint density at radius 3 is 3.14 bits per heavy atom. The van der Waals surface area contributed by atoms with Crippen LogP contribution in [0.4, 0.5) is 5.69 Å². The summed E-state index contributed by atoms with van der Waals surface area (Å²) in [5.74, 6) is 0. The van der Waals surface area contributed by atoms with Gasteiger partial charge < -0.3 is 11.1 Å². The Hall–Kier alpha value is -1.02. The fourth-order valence-electron chi connectivity index (χ4n) is 2.14. The number of rotatable bonds is 3. The van der Waals surface area contributed by atoms with Gasteiger partial charge in [0.2, 0.25) is 0 Å². The molecule has 1 atom stereocenters. The molecular formula is C12H18N2. The molecule has 76 valence electrons. The normalized spacial score (nSPS) is 19.1. The second-order valence-electron chi connectivity index (χ2n) is 4.09. The van der Waals surface area contributed by atoms with Gasteiger partial charge in [0.15, 0.2) is 0 Å². The molecule has 1 aliphatic heterocycles. The van der Waals surface area contributed by atoms with Gasteiger partial charge in [0.25, 0.3) is 0 Å². The molecule has 0 aliphatic carbocycles. The number of fused-ring (bicyclic) bond motifs is 1. The minimum atomic E-state index is 0.587. The number of hydrogen-bond donors (Lipinski definition) is 2. The smallest absolute Gasteiger partial charge is 0.0408 e. The second-order valence-corrected chi connectivity index (χ2v) is 4.09. The second kappa shape index (κ2) is 4.01. The predicted octanol–water partition coefficient (Wildman–Crippen LogP) is 1.93. The van der Waals surface area contributed by atoms with Crippen LogP contribution in [0.1, 0.15) is 24.5 Å². The highest BCUT2D eigenvalue weighted by molar-refractivity contribution is 5.62. The summed E-state index contributed by atoms with van der Waals surface area (Å²) >= 11 is 0. The first-order valence-corrected chi connectivity index (χ1v) is 5.38. The lowest BCUT2D eigenvalue weighted by Crippen LogP contribution is -2.09. The van der Waals surface area contributed by atoms with Crippen LogP contribution in [0, 0.1) is 0 Å². The number of nitrogens with two attached hydrogens (primary N) is 1. The molecule has 0 saturated heterocycles. The number of nitrogens with one attached hydrogen (secondary N) is 1. The summed E-state index contributed by atoms with van der Waals surface area (Å²) in [5.41, 5.74) is 9.79. The van der Waals surface area contributed by atoms with Gasteiger partial charge in [-0.15, -0.1) is 0 Å². The third kappa shape index (κ3) is 1.75. The van der Waals surface area contributed by atoms with Gasteiger partial charge >= 0.3 is 0 Å². The highest BCUT2D eigenvalue weighted by Gasteiger charge is 2.18. The average molecular weight is 190 g/mol. The number of hydrogen-bond acceptors (Lipinski definition) is 2. The van der Waals surface area contributed by atoms with Gasteiger partial charge in [-0.25, -0.2) is 0 Å². The van der Waals surface area contributed by atoms with Crippen LogP contribution in [-0.4, -0.2) is 12.6 Å². The molecule has 1 aliphatic rings. The van der Waals surface area contributed by atoms with Gasteiger partial charge in [-0.2, -0.15) is 0 Å². The van der Waals surface area contributed by atoms with Crippen LogP contribution in [-0.2, 0) is 12.8 Å². The minimum absolute atomic E-state index is 0.587.